The number of hydrogen-bond donors (Lipinski definition) is 0. The fourth-order valence-electron chi connectivity index (χ4n) is 4.33. The lowest BCUT2D eigenvalue weighted by molar-refractivity contribution is -0.123. The molecule has 1 aromatic heterocycles. The average molecular weight is 515 g/mol. The Bertz CT molecular complexity index is 1450. The average Bonchev–Trinajstić information content (AvgIpc) is 3.62. The molecule has 8 nitrogen and oxygen atoms in total. The number of nitrogens with zero attached hydrogens (tertiary/aromatic N) is 4. The summed E-state index contributed by atoms with van der Waals surface area (Å²) in [5.74, 6) is 2.48. The molecule has 0 aliphatic carbocycles. The van der Waals surface area contributed by atoms with E-state index in [4.69, 9.17) is 35.6 Å². The minimum absolute atomic E-state index is 0.219. The number of fused-ring (bicyclic) bond motifs is 1. The van der Waals surface area contributed by atoms with Crippen molar-refractivity contribution in [1.29, 1.82) is 0 Å². The summed E-state index contributed by atoms with van der Waals surface area (Å²) >= 11 is 6.96. The van der Waals surface area contributed by atoms with Crippen molar-refractivity contribution in [3.63, 3.8) is 0 Å². The van der Waals surface area contributed by atoms with Crippen LogP contribution >= 0.6 is 11.6 Å². The Morgan fingerprint density at radius 1 is 1.00 bits per heavy atom. The number of hydroxylamine groups is 2. The molecule has 3 heterocycles. The number of ether oxygens (including phenoxy) is 3. The van der Waals surface area contributed by atoms with Gasteiger partial charge in [-0.05, 0) is 47.5 Å². The molecule has 37 heavy (non-hydrogen) atoms. The second-order valence-electron chi connectivity index (χ2n) is 8.41. The molecule has 186 valence electrons. The van der Waals surface area contributed by atoms with Crippen molar-refractivity contribution in [3.8, 4) is 22.9 Å². The lowest BCUT2D eigenvalue weighted by atomic mass is 10.0. The van der Waals surface area contributed by atoms with Gasteiger partial charge in [0, 0.05) is 24.5 Å². The Morgan fingerprint density at radius 3 is 2.57 bits per heavy atom. The zero-order valence-electron chi connectivity index (χ0n) is 20.0. The van der Waals surface area contributed by atoms with Crippen LogP contribution in [-0.2, 0) is 11.3 Å². The number of aliphatic imine (C=N–C) groups is 1. The largest absolute Gasteiger partial charge is 0.454 e. The standard InChI is InChI=1S/C28H23ClN4O4/c1-34-33-25(16-19-7-12-23-24(15-19)36-18-35-23)31-28(26(27(33)29)20-5-3-2-4-6-20)37-22-10-8-21(9-11-22)32-14-13-30-17-32/h2-15,17,25H,16,18H2,1H3. The van der Waals surface area contributed by atoms with Gasteiger partial charge in [-0.1, -0.05) is 48.0 Å². The predicted octanol–water partition coefficient (Wildman–Crippen LogP) is 5.43. The van der Waals surface area contributed by atoms with Crippen molar-refractivity contribution in [2.75, 3.05) is 13.9 Å². The number of hydrogen-bond acceptors (Lipinski definition) is 7. The highest BCUT2D eigenvalue weighted by atomic mass is 35.5. The maximum atomic E-state index is 6.96. The van der Waals surface area contributed by atoms with Crippen molar-refractivity contribution in [3.05, 3.63) is 108 Å². The highest BCUT2D eigenvalue weighted by molar-refractivity contribution is 6.39. The molecule has 0 radical (unpaired) electrons. The summed E-state index contributed by atoms with van der Waals surface area (Å²) < 4.78 is 19.3. The van der Waals surface area contributed by atoms with Crippen LogP contribution in [0.5, 0.6) is 17.2 Å². The first-order valence-corrected chi connectivity index (χ1v) is 12.1. The summed E-state index contributed by atoms with van der Waals surface area (Å²) in [6, 6.07) is 23.3. The second kappa shape index (κ2) is 10.0. The zero-order chi connectivity index (χ0) is 25.2. The molecule has 0 bridgehead atoms. The molecule has 1 unspecified atom stereocenters. The van der Waals surface area contributed by atoms with Crippen molar-refractivity contribution >= 4 is 23.1 Å². The first-order valence-electron chi connectivity index (χ1n) is 11.7. The van der Waals surface area contributed by atoms with E-state index in [1.54, 1.807) is 24.7 Å². The lowest BCUT2D eigenvalue weighted by Crippen LogP contribution is -2.39. The third-order valence-corrected chi connectivity index (χ3v) is 6.47. The van der Waals surface area contributed by atoms with Crippen LogP contribution in [0, 0.1) is 0 Å². The highest BCUT2D eigenvalue weighted by Gasteiger charge is 2.33. The normalized spacial score (nSPS) is 16.6. The third-order valence-electron chi connectivity index (χ3n) is 6.12. The number of halogens is 1. The molecular weight excluding hydrogens is 492 g/mol. The van der Waals surface area contributed by atoms with E-state index in [2.05, 4.69) is 4.98 Å². The van der Waals surface area contributed by atoms with Crippen LogP contribution in [-0.4, -0.2) is 40.6 Å². The van der Waals surface area contributed by atoms with Gasteiger partial charge in [0.2, 0.25) is 12.7 Å². The molecule has 2 aliphatic heterocycles. The van der Waals surface area contributed by atoms with Gasteiger partial charge in [-0.2, -0.15) is 0 Å². The Hall–Kier alpha value is -4.27. The first kappa shape index (κ1) is 23.1. The molecule has 0 N–H and O–H groups in total. The van der Waals surface area contributed by atoms with Crippen LogP contribution in [0.25, 0.3) is 11.3 Å². The summed E-state index contributed by atoms with van der Waals surface area (Å²) in [5.41, 5.74) is 3.48. The van der Waals surface area contributed by atoms with E-state index in [-0.39, 0.29) is 6.79 Å². The van der Waals surface area contributed by atoms with E-state index in [0.717, 1.165) is 22.6 Å². The molecule has 1 atom stereocenters. The Balaban J connectivity index is 1.35. The van der Waals surface area contributed by atoms with Crippen molar-refractivity contribution in [2.24, 2.45) is 4.99 Å². The summed E-state index contributed by atoms with van der Waals surface area (Å²) in [5, 5.41) is 1.99. The van der Waals surface area contributed by atoms with E-state index in [1.807, 2.05) is 83.6 Å². The van der Waals surface area contributed by atoms with Gasteiger partial charge in [0.25, 0.3) is 0 Å². The minimum Gasteiger partial charge on any atom is -0.454 e. The smallest absolute Gasteiger partial charge is 0.231 e. The highest BCUT2D eigenvalue weighted by Crippen LogP contribution is 2.36. The first-order chi connectivity index (χ1) is 18.2. The number of benzene rings is 3. The SMILES string of the molecule is CON1C(Cl)=C(c2ccccc2)C(Oc2ccc(-n3ccnc3)cc2)=NC1Cc1ccc2c(c1)OCO2. The van der Waals surface area contributed by atoms with Crippen LogP contribution in [0.15, 0.2) is 102 Å². The molecule has 0 amide bonds. The maximum absolute atomic E-state index is 6.96. The summed E-state index contributed by atoms with van der Waals surface area (Å²) in [4.78, 5) is 14.8. The third kappa shape index (κ3) is 4.64. The quantitative estimate of drug-likeness (QED) is 0.319. The Kier molecular flexibility index (Phi) is 6.26. The van der Waals surface area contributed by atoms with Crippen LogP contribution in [0.4, 0.5) is 0 Å². The van der Waals surface area contributed by atoms with Gasteiger partial charge in [-0.25, -0.2) is 15.0 Å². The molecule has 0 saturated heterocycles. The van der Waals surface area contributed by atoms with Crippen LogP contribution in [0.1, 0.15) is 11.1 Å². The predicted molar refractivity (Wildman–Crippen MR) is 140 cm³/mol. The number of aromatic nitrogens is 2. The van der Waals surface area contributed by atoms with Gasteiger partial charge in [0.05, 0.1) is 19.0 Å². The summed E-state index contributed by atoms with van der Waals surface area (Å²) in [6.45, 7) is 0.219. The van der Waals surface area contributed by atoms with E-state index < -0.39 is 6.17 Å². The molecule has 0 fully saturated rings. The van der Waals surface area contributed by atoms with Gasteiger partial charge in [0.15, 0.2) is 17.7 Å². The summed E-state index contributed by atoms with van der Waals surface area (Å²) in [7, 11) is 1.58. The molecule has 4 aromatic rings. The minimum atomic E-state index is -0.467. The molecular formula is C28H23ClN4O4. The van der Waals surface area contributed by atoms with Gasteiger partial charge < -0.3 is 18.8 Å². The molecule has 3 aromatic carbocycles. The molecule has 6 rings (SSSR count). The fourth-order valence-corrected chi connectivity index (χ4v) is 4.70. The maximum Gasteiger partial charge on any atom is 0.231 e. The number of imidazole rings is 1. The molecule has 9 heteroatoms. The second-order valence-corrected chi connectivity index (χ2v) is 8.77. The van der Waals surface area contributed by atoms with Crippen LogP contribution in [0.3, 0.4) is 0 Å². The zero-order valence-corrected chi connectivity index (χ0v) is 20.7. The topological polar surface area (TPSA) is 70.3 Å². The van der Waals surface area contributed by atoms with Gasteiger partial charge >= 0.3 is 0 Å². The van der Waals surface area contributed by atoms with E-state index >= 15 is 0 Å². The molecule has 0 saturated carbocycles. The van der Waals surface area contributed by atoms with E-state index in [0.29, 0.717) is 34.5 Å². The molecule has 0 spiro atoms. The molecule has 2 aliphatic rings. The fraction of sp³-hybridized carbons (Fsp3) is 0.143. The Morgan fingerprint density at radius 2 is 1.81 bits per heavy atom. The summed E-state index contributed by atoms with van der Waals surface area (Å²) in [6.07, 6.45) is 5.41. The Labute approximate surface area is 218 Å². The monoisotopic (exact) mass is 514 g/mol. The number of rotatable bonds is 6. The van der Waals surface area contributed by atoms with Crippen molar-refractivity contribution in [1.82, 2.24) is 14.6 Å². The van der Waals surface area contributed by atoms with Crippen molar-refractivity contribution in [2.45, 2.75) is 12.6 Å². The van der Waals surface area contributed by atoms with Gasteiger partial charge in [-0.3, -0.25) is 4.84 Å². The van der Waals surface area contributed by atoms with E-state index in [9.17, 15) is 0 Å². The van der Waals surface area contributed by atoms with E-state index in [1.165, 1.54) is 0 Å². The van der Waals surface area contributed by atoms with Crippen LogP contribution in [0.2, 0.25) is 0 Å². The van der Waals surface area contributed by atoms with Crippen molar-refractivity contribution < 1.29 is 19.0 Å². The lowest BCUT2D eigenvalue weighted by Gasteiger charge is -2.33. The van der Waals surface area contributed by atoms with Crippen LogP contribution < -0.4 is 14.2 Å². The van der Waals surface area contributed by atoms with Gasteiger partial charge in [-0.15, -0.1) is 0 Å². The van der Waals surface area contributed by atoms with Gasteiger partial charge in [0.1, 0.15) is 10.9 Å².